The topological polar surface area (TPSA) is 29.5 Å². The van der Waals surface area contributed by atoms with Gasteiger partial charge < -0.3 is 9.64 Å². The molecule has 0 aromatic heterocycles. The van der Waals surface area contributed by atoms with Crippen molar-refractivity contribution in [2.75, 3.05) is 19.7 Å². The molecule has 0 bridgehead atoms. The Balaban J connectivity index is 2.31. The van der Waals surface area contributed by atoms with E-state index >= 15 is 0 Å². The summed E-state index contributed by atoms with van der Waals surface area (Å²) < 4.78 is 3.26. The van der Waals surface area contributed by atoms with E-state index in [0.717, 1.165) is 6.42 Å². The Morgan fingerprint density at radius 1 is 1.43 bits per heavy atom. The van der Waals surface area contributed by atoms with Crippen molar-refractivity contribution in [3.05, 3.63) is 12.2 Å². The molecule has 0 radical (unpaired) electrons. The fraction of sp³-hybridized carbons (Fsp3) is 0.625. The molecule has 0 aliphatic carbocycles. The molecule has 0 spiro atoms. The Morgan fingerprint density at radius 3 is 2.64 bits per heavy atom. The van der Waals surface area contributed by atoms with Crippen molar-refractivity contribution in [2.45, 2.75) is 10.2 Å². The number of nitrogens with zero attached hydrogens (tertiary/aromatic N) is 1. The lowest BCUT2D eigenvalue weighted by atomic mass is 10.3. The number of carbonyl (C=O) groups is 1. The average Bonchev–Trinajstić information content (AvgIpc) is 2.14. The van der Waals surface area contributed by atoms with Gasteiger partial charge in [-0.1, -0.05) is 47.0 Å². The van der Waals surface area contributed by atoms with Crippen LogP contribution in [-0.4, -0.2) is 34.5 Å². The van der Waals surface area contributed by atoms with Gasteiger partial charge in [-0.3, -0.25) is 0 Å². The van der Waals surface area contributed by atoms with E-state index in [1.807, 2.05) is 12.2 Å². The Morgan fingerprint density at radius 2 is 2.14 bits per heavy atom. The predicted octanol–water partition coefficient (Wildman–Crippen LogP) is 2.76. The van der Waals surface area contributed by atoms with Gasteiger partial charge in [-0.15, -0.1) is 0 Å². The van der Waals surface area contributed by atoms with Gasteiger partial charge in [0, 0.05) is 13.1 Å². The average molecular weight is 259 g/mol. The normalized spacial score (nSPS) is 16.9. The lowest BCUT2D eigenvalue weighted by Crippen LogP contribution is -2.35. The molecular formula is C8H10Cl3NO2. The van der Waals surface area contributed by atoms with E-state index in [0.29, 0.717) is 13.1 Å². The number of amides is 1. The van der Waals surface area contributed by atoms with Gasteiger partial charge in [0.15, 0.2) is 0 Å². The number of alkyl halides is 3. The molecular weight excluding hydrogens is 248 g/mol. The highest BCUT2D eigenvalue weighted by molar-refractivity contribution is 6.67. The Hall–Kier alpha value is -0.120. The number of rotatable bonds is 1. The molecule has 0 fully saturated rings. The maximum Gasteiger partial charge on any atom is 0.410 e. The smallest absolute Gasteiger partial charge is 0.410 e. The highest BCUT2D eigenvalue weighted by Gasteiger charge is 2.24. The summed E-state index contributed by atoms with van der Waals surface area (Å²) in [4.78, 5) is 12.9. The van der Waals surface area contributed by atoms with Crippen molar-refractivity contribution in [2.24, 2.45) is 0 Å². The monoisotopic (exact) mass is 257 g/mol. The second-order valence-electron chi connectivity index (χ2n) is 2.88. The van der Waals surface area contributed by atoms with E-state index in [2.05, 4.69) is 0 Å². The van der Waals surface area contributed by atoms with E-state index in [-0.39, 0.29) is 6.61 Å². The minimum atomic E-state index is -1.54. The van der Waals surface area contributed by atoms with Gasteiger partial charge in [0.2, 0.25) is 3.79 Å². The maximum atomic E-state index is 11.3. The molecule has 1 amide bonds. The minimum Gasteiger partial charge on any atom is -0.445 e. The summed E-state index contributed by atoms with van der Waals surface area (Å²) in [6.45, 7) is 0.977. The third-order valence-electron chi connectivity index (χ3n) is 1.68. The van der Waals surface area contributed by atoms with Crippen LogP contribution in [0.4, 0.5) is 4.79 Å². The van der Waals surface area contributed by atoms with Crippen LogP contribution in [0.2, 0.25) is 0 Å². The molecule has 0 aromatic carbocycles. The predicted molar refractivity (Wildman–Crippen MR) is 57.0 cm³/mol. The molecule has 0 N–H and O–H groups in total. The van der Waals surface area contributed by atoms with E-state index in [1.165, 1.54) is 0 Å². The van der Waals surface area contributed by atoms with Gasteiger partial charge in [-0.25, -0.2) is 4.79 Å². The van der Waals surface area contributed by atoms with Crippen LogP contribution in [-0.2, 0) is 4.74 Å². The van der Waals surface area contributed by atoms with Crippen LogP contribution >= 0.6 is 34.8 Å². The summed E-state index contributed by atoms with van der Waals surface area (Å²) >= 11 is 16.3. The molecule has 80 valence electrons. The van der Waals surface area contributed by atoms with Crippen LogP contribution in [0.1, 0.15) is 6.42 Å². The van der Waals surface area contributed by atoms with Crippen molar-refractivity contribution in [1.29, 1.82) is 0 Å². The molecule has 0 saturated carbocycles. The van der Waals surface area contributed by atoms with Crippen LogP contribution in [0.5, 0.6) is 0 Å². The van der Waals surface area contributed by atoms with E-state index in [4.69, 9.17) is 39.5 Å². The largest absolute Gasteiger partial charge is 0.445 e. The molecule has 0 aromatic rings. The molecule has 1 heterocycles. The summed E-state index contributed by atoms with van der Waals surface area (Å²) in [7, 11) is 0. The quantitative estimate of drug-likeness (QED) is 0.535. The van der Waals surface area contributed by atoms with Gasteiger partial charge in [-0.2, -0.15) is 0 Å². The zero-order chi connectivity index (χ0) is 10.6. The molecule has 3 nitrogen and oxygen atoms in total. The van der Waals surface area contributed by atoms with Gasteiger partial charge in [0.1, 0.15) is 6.61 Å². The summed E-state index contributed by atoms with van der Waals surface area (Å²) in [6.07, 6.45) is 4.31. The lowest BCUT2D eigenvalue weighted by molar-refractivity contribution is 0.107. The molecule has 14 heavy (non-hydrogen) atoms. The zero-order valence-electron chi connectivity index (χ0n) is 7.38. The fourth-order valence-electron chi connectivity index (χ4n) is 1.04. The van der Waals surface area contributed by atoms with Crippen molar-refractivity contribution in [3.63, 3.8) is 0 Å². The minimum absolute atomic E-state index is 0.225. The highest BCUT2D eigenvalue weighted by Crippen LogP contribution is 2.26. The Bertz CT molecular complexity index is 237. The van der Waals surface area contributed by atoms with Crippen LogP contribution in [0.15, 0.2) is 12.2 Å². The summed E-state index contributed by atoms with van der Waals surface area (Å²) in [6, 6.07) is 0. The number of carbonyl (C=O) groups excluding carboxylic acids is 1. The number of hydrogen-bond acceptors (Lipinski definition) is 2. The molecule has 6 heteroatoms. The summed E-state index contributed by atoms with van der Waals surface area (Å²) in [5.41, 5.74) is 0. The van der Waals surface area contributed by atoms with E-state index in [1.54, 1.807) is 4.90 Å². The molecule has 1 aliphatic rings. The standard InChI is InChI=1S/C8H10Cl3NO2/c9-8(10,11)6-14-7(13)12-4-2-1-3-5-12/h1-2H,3-6H2. The molecule has 1 aliphatic heterocycles. The van der Waals surface area contributed by atoms with E-state index < -0.39 is 9.89 Å². The fourth-order valence-corrected chi connectivity index (χ4v) is 1.21. The van der Waals surface area contributed by atoms with Crippen molar-refractivity contribution >= 4 is 40.9 Å². The van der Waals surface area contributed by atoms with Gasteiger partial charge in [0.05, 0.1) is 0 Å². The molecule has 0 atom stereocenters. The van der Waals surface area contributed by atoms with Crippen molar-refractivity contribution < 1.29 is 9.53 Å². The van der Waals surface area contributed by atoms with E-state index in [9.17, 15) is 4.79 Å². The van der Waals surface area contributed by atoms with Crippen LogP contribution in [0, 0.1) is 0 Å². The van der Waals surface area contributed by atoms with Crippen LogP contribution in [0.3, 0.4) is 0 Å². The lowest BCUT2D eigenvalue weighted by Gasteiger charge is -2.23. The van der Waals surface area contributed by atoms with Crippen LogP contribution in [0.25, 0.3) is 0 Å². The van der Waals surface area contributed by atoms with Crippen LogP contribution < -0.4 is 0 Å². The first-order valence-electron chi connectivity index (χ1n) is 4.12. The second kappa shape index (κ2) is 5.10. The summed E-state index contributed by atoms with van der Waals surface area (Å²) in [5.74, 6) is 0. The Labute approximate surface area is 97.5 Å². The maximum absolute atomic E-state index is 11.3. The van der Waals surface area contributed by atoms with Crippen molar-refractivity contribution in [1.82, 2.24) is 4.90 Å². The zero-order valence-corrected chi connectivity index (χ0v) is 9.65. The molecule has 1 rings (SSSR count). The highest BCUT2D eigenvalue weighted by atomic mass is 35.6. The van der Waals surface area contributed by atoms with Gasteiger partial charge in [-0.05, 0) is 6.42 Å². The molecule has 0 unspecified atom stereocenters. The first-order valence-corrected chi connectivity index (χ1v) is 5.26. The number of ether oxygens (including phenoxy) is 1. The second-order valence-corrected chi connectivity index (χ2v) is 5.39. The number of halogens is 3. The Kier molecular flexibility index (Phi) is 4.35. The van der Waals surface area contributed by atoms with Gasteiger partial charge in [0.25, 0.3) is 0 Å². The molecule has 0 saturated heterocycles. The third kappa shape index (κ3) is 4.40. The van der Waals surface area contributed by atoms with Gasteiger partial charge >= 0.3 is 6.09 Å². The summed E-state index contributed by atoms with van der Waals surface area (Å²) in [5, 5.41) is 0. The SMILES string of the molecule is O=C(OCC(Cl)(Cl)Cl)N1CC=CCC1. The third-order valence-corrected chi connectivity index (χ3v) is 2.00. The van der Waals surface area contributed by atoms with Crippen molar-refractivity contribution in [3.8, 4) is 0 Å². The number of hydrogen-bond donors (Lipinski definition) is 0. The first-order chi connectivity index (χ1) is 6.49. The first kappa shape index (κ1) is 12.0.